The van der Waals surface area contributed by atoms with E-state index < -0.39 is 6.10 Å². The van der Waals surface area contributed by atoms with Crippen LogP contribution in [0, 0.1) is 0 Å². The molecule has 2 rings (SSSR count). The molecule has 1 aromatic carbocycles. The number of methoxy groups -OCH3 is 1. The van der Waals surface area contributed by atoms with Gasteiger partial charge in [0.1, 0.15) is 5.75 Å². The van der Waals surface area contributed by atoms with Crippen LogP contribution in [0.25, 0.3) is 11.4 Å². The molecule has 19 heavy (non-hydrogen) atoms. The number of hydrogen-bond donors (Lipinski definition) is 1. The van der Waals surface area contributed by atoms with Gasteiger partial charge in [0, 0.05) is 0 Å². The summed E-state index contributed by atoms with van der Waals surface area (Å²) in [6, 6.07) is 7.49. The maximum Gasteiger partial charge on any atom is 0.232 e. The number of rotatable bonds is 5. The van der Waals surface area contributed by atoms with Crippen molar-refractivity contribution >= 4 is 0 Å². The quantitative estimate of drug-likeness (QED) is 0.897. The van der Waals surface area contributed by atoms with Crippen molar-refractivity contribution in [2.45, 2.75) is 32.3 Å². The maximum absolute atomic E-state index is 9.69. The lowest BCUT2D eigenvalue weighted by Crippen LogP contribution is -2.14. The Hall–Kier alpha value is -1.88. The zero-order valence-corrected chi connectivity index (χ0v) is 11.3. The van der Waals surface area contributed by atoms with Gasteiger partial charge < -0.3 is 14.4 Å². The predicted molar refractivity (Wildman–Crippen MR) is 71.0 cm³/mol. The summed E-state index contributed by atoms with van der Waals surface area (Å²) in [5.74, 6) is 1.49. The van der Waals surface area contributed by atoms with Crippen LogP contribution >= 0.6 is 0 Å². The molecule has 5 heteroatoms. The van der Waals surface area contributed by atoms with Crippen molar-refractivity contribution in [2.24, 2.45) is 0 Å². The van der Waals surface area contributed by atoms with Gasteiger partial charge in [-0.1, -0.05) is 24.2 Å². The zero-order valence-electron chi connectivity index (χ0n) is 11.3. The third-order valence-corrected chi connectivity index (χ3v) is 3.13. The summed E-state index contributed by atoms with van der Waals surface area (Å²) >= 11 is 0. The Kier molecular flexibility index (Phi) is 4.16. The minimum Gasteiger partial charge on any atom is -0.496 e. The van der Waals surface area contributed by atoms with Gasteiger partial charge in [-0.05, 0) is 25.5 Å². The van der Waals surface area contributed by atoms with Gasteiger partial charge in [0.2, 0.25) is 11.7 Å². The predicted octanol–water partition coefficient (Wildman–Crippen LogP) is 2.62. The van der Waals surface area contributed by atoms with E-state index in [1.165, 1.54) is 0 Å². The fraction of sp³-hybridized carbons (Fsp3) is 0.429. The van der Waals surface area contributed by atoms with Crippen LogP contribution in [-0.2, 0) is 0 Å². The maximum atomic E-state index is 9.69. The van der Waals surface area contributed by atoms with E-state index in [-0.39, 0.29) is 5.92 Å². The average molecular weight is 262 g/mol. The van der Waals surface area contributed by atoms with Gasteiger partial charge in [-0.15, -0.1) is 0 Å². The van der Waals surface area contributed by atoms with Crippen LogP contribution in [0.4, 0.5) is 0 Å². The molecule has 0 aliphatic heterocycles. The van der Waals surface area contributed by atoms with E-state index in [1.54, 1.807) is 14.0 Å². The SMILES string of the molecule is CCC(c1nc(-c2ccccc2OC)no1)C(C)O. The fourth-order valence-corrected chi connectivity index (χ4v) is 2.05. The third-order valence-electron chi connectivity index (χ3n) is 3.13. The summed E-state index contributed by atoms with van der Waals surface area (Å²) in [4.78, 5) is 4.36. The Morgan fingerprint density at radius 2 is 2.11 bits per heavy atom. The molecule has 0 bridgehead atoms. The van der Waals surface area contributed by atoms with E-state index in [0.29, 0.717) is 17.5 Å². The highest BCUT2D eigenvalue weighted by Crippen LogP contribution is 2.29. The highest BCUT2D eigenvalue weighted by molar-refractivity contribution is 5.63. The van der Waals surface area contributed by atoms with Crippen LogP contribution in [0.5, 0.6) is 5.75 Å². The topological polar surface area (TPSA) is 68.4 Å². The van der Waals surface area contributed by atoms with Crippen molar-refractivity contribution < 1.29 is 14.4 Å². The molecule has 0 fully saturated rings. The molecule has 0 saturated carbocycles. The number of nitrogens with zero attached hydrogens (tertiary/aromatic N) is 2. The lowest BCUT2D eigenvalue weighted by Gasteiger charge is -2.12. The molecule has 2 unspecified atom stereocenters. The van der Waals surface area contributed by atoms with Crippen molar-refractivity contribution in [2.75, 3.05) is 7.11 Å². The van der Waals surface area contributed by atoms with Crippen LogP contribution < -0.4 is 4.74 Å². The van der Waals surface area contributed by atoms with E-state index in [1.807, 2.05) is 31.2 Å². The first-order chi connectivity index (χ1) is 9.17. The molecule has 1 heterocycles. The van der Waals surface area contributed by atoms with E-state index in [9.17, 15) is 5.11 Å². The number of aliphatic hydroxyl groups is 1. The Bertz CT molecular complexity index is 537. The molecular formula is C14H18N2O3. The van der Waals surface area contributed by atoms with Crippen LogP contribution in [-0.4, -0.2) is 28.5 Å². The van der Waals surface area contributed by atoms with Gasteiger partial charge in [-0.2, -0.15) is 4.98 Å². The number of para-hydroxylation sites is 1. The van der Waals surface area contributed by atoms with Crippen molar-refractivity contribution in [3.63, 3.8) is 0 Å². The molecule has 5 nitrogen and oxygen atoms in total. The lowest BCUT2D eigenvalue weighted by molar-refractivity contribution is 0.141. The summed E-state index contributed by atoms with van der Waals surface area (Å²) in [6.45, 7) is 3.70. The fourth-order valence-electron chi connectivity index (χ4n) is 2.05. The van der Waals surface area contributed by atoms with Crippen LogP contribution in [0.2, 0.25) is 0 Å². The van der Waals surface area contributed by atoms with E-state index in [0.717, 1.165) is 12.0 Å². The van der Waals surface area contributed by atoms with Crippen molar-refractivity contribution in [3.05, 3.63) is 30.2 Å². The van der Waals surface area contributed by atoms with Gasteiger partial charge in [-0.3, -0.25) is 0 Å². The average Bonchev–Trinajstić information content (AvgIpc) is 2.88. The summed E-state index contributed by atoms with van der Waals surface area (Å²) in [5, 5.41) is 13.7. The second kappa shape index (κ2) is 5.84. The molecule has 2 atom stereocenters. The van der Waals surface area contributed by atoms with E-state index >= 15 is 0 Å². The Morgan fingerprint density at radius 1 is 1.37 bits per heavy atom. The summed E-state index contributed by atoms with van der Waals surface area (Å²) in [6.07, 6.45) is 0.224. The lowest BCUT2D eigenvalue weighted by atomic mass is 10.0. The molecule has 1 aromatic heterocycles. The Morgan fingerprint density at radius 3 is 2.74 bits per heavy atom. The number of aliphatic hydroxyl groups excluding tert-OH is 1. The standard InChI is InChI=1S/C14H18N2O3/c1-4-10(9(2)17)14-15-13(16-19-14)11-7-5-6-8-12(11)18-3/h5-10,17H,4H2,1-3H3. The molecule has 0 saturated heterocycles. The minimum atomic E-state index is -0.518. The van der Waals surface area contributed by atoms with E-state index in [2.05, 4.69) is 10.1 Å². The largest absolute Gasteiger partial charge is 0.496 e. The number of aromatic nitrogens is 2. The minimum absolute atomic E-state index is 0.143. The highest BCUT2D eigenvalue weighted by Gasteiger charge is 2.23. The monoisotopic (exact) mass is 262 g/mol. The number of benzene rings is 1. The van der Waals surface area contributed by atoms with Crippen LogP contribution in [0.15, 0.2) is 28.8 Å². The molecule has 102 valence electrons. The summed E-state index contributed by atoms with van der Waals surface area (Å²) in [5.41, 5.74) is 0.778. The molecular weight excluding hydrogens is 244 g/mol. The van der Waals surface area contributed by atoms with Gasteiger partial charge in [-0.25, -0.2) is 0 Å². The van der Waals surface area contributed by atoms with Crippen LogP contribution in [0.3, 0.4) is 0 Å². The smallest absolute Gasteiger partial charge is 0.232 e. The summed E-state index contributed by atoms with van der Waals surface area (Å²) < 4.78 is 10.5. The van der Waals surface area contributed by atoms with Gasteiger partial charge in [0.15, 0.2) is 0 Å². The third kappa shape index (κ3) is 2.76. The molecule has 0 aliphatic rings. The Balaban J connectivity index is 2.35. The zero-order chi connectivity index (χ0) is 13.8. The second-order valence-electron chi connectivity index (χ2n) is 4.41. The molecule has 1 N–H and O–H groups in total. The number of hydrogen-bond acceptors (Lipinski definition) is 5. The van der Waals surface area contributed by atoms with E-state index in [4.69, 9.17) is 9.26 Å². The highest BCUT2D eigenvalue weighted by atomic mass is 16.5. The van der Waals surface area contributed by atoms with Crippen molar-refractivity contribution in [3.8, 4) is 17.1 Å². The first kappa shape index (κ1) is 13.5. The summed E-state index contributed by atoms with van der Waals surface area (Å²) in [7, 11) is 1.60. The molecule has 0 aliphatic carbocycles. The van der Waals surface area contributed by atoms with Gasteiger partial charge >= 0.3 is 0 Å². The van der Waals surface area contributed by atoms with Gasteiger partial charge in [0.05, 0.1) is 24.7 Å². The number of ether oxygens (including phenoxy) is 1. The normalized spacial score (nSPS) is 14.1. The van der Waals surface area contributed by atoms with Gasteiger partial charge in [0.25, 0.3) is 0 Å². The molecule has 0 radical (unpaired) electrons. The van der Waals surface area contributed by atoms with Crippen molar-refractivity contribution in [1.29, 1.82) is 0 Å². The molecule has 0 amide bonds. The second-order valence-corrected chi connectivity index (χ2v) is 4.41. The first-order valence-corrected chi connectivity index (χ1v) is 6.32. The Labute approximate surface area is 112 Å². The first-order valence-electron chi connectivity index (χ1n) is 6.32. The molecule has 0 spiro atoms. The van der Waals surface area contributed by atoms with Crippen molar-refractivity contribution in [1.82, 2.24) is 10.1 Å². The molecule has 2 aromatic rings. The van der Waals surface area contributed by atoms with Crippen LogP contribution in [0.1, 0.15) is 32.1 Å².